The number of ether oxygens (including phenoxy) is 1. The molecule has 1 aromatic heterocycles. The van der Waals surface area contributed by atoms with Crippen molar-refractivity contribution in [2.45, 2.75) is 32.4 Å². The maximum absolute atomic E-state index is 11.1. The summed E-state index contributed by atoms with van der Waals surface area (Å²) < 4.78 is 11.2. The fraction of sp³-hybridized carbons (Fsp3) is 0.474. The molecule has 1 N–H and O–H groups in total. The summed E-state index contributed by atoms with van der Waals surface area (Å²) >= 11 is 0. The van der Waals surface area contributed by atoms with E-state index in [1.54, 1.807) is 18.4 Å². The van der Waals surface area contributed by atoms with Crippen LogP contribution in [0.2, 0.25) is 0 Å². The van der Waals surface area contributed by atoms with Crippen molar-refractivity contribution in [3.63, 3.8) is 0 Å². The molecule has 0 spiro atoms. The van der Waals surface area contributed by atoms with Gasteiger partial charge in [0.25, 0.3) is 5.69 Å². The number of furan rings is 1. The molecule has 1 aromatic carbocycles. The zero-order valence-electron chi connectivity index (χ0n) is 15.0. The number of hydrogen-bond donors (Lipinski definition) is 1. The van der Waals surface area contributed by atoms with Crippen LogP contribution in [-0.2, 0) is 6.54 Å². The van der Waals surface area contributed by atoms with E-state index in [2.05, 4.69) is 10.2 Å². The molecule has 2 aromatic rings. The Hall–Kier alpha value is -2.38. The van der Waals surface area contributed by atoms with Crippen molar-refractivity contribution in [3.8, 4) is 5.75 Å². The van der Waals surface area contributed by atoms with Crippen molar-refractivity contribution in [2.24, 2.45) is 0 Å². The van der Waals surface area contributed by atoms with E-state index in [-0.39, 0.29) is 16.7 Å². The predicted octanol–water partition coefficient (Wildman–Crippen LogP) is 3.51. The highest BCUT2D eigenvalue weighted by Gasteiger charge is 2.25. The largest absolute Gasteiger partial charge is 0.494 e. The number of nitrogens with one attached hydrogen (secondary N) is 1. The first-order valence-corrected chi connectivity index (χ1v) is 9.07. The van der Waals surface area contributed by atoms with Crippen LogP contribution in [0.3, 0.4) is 0 Å². The van der Waals surface area contributed by atoms with Crippen LogP contribution in [0.1, 0.15) is 37.1 Å². The molecule has 7 heteroatoms. The molecule has 0 bridgehead atoms. The van der Waals surface area contributed by atoms with Crippen LogP contribution in [0.25, 0.3) is 0 Å². The molecule has 1 atom stereocenters. The van der Waals surface area contributed by atoms with Gasteiger partial charge in [0.1, 0.15) is 11.5 Å². The molecule has 140 valence electrons. The lowest BCUT2D eigenvalue weighted by Crippen LogP contribution is -2.33. The molecule has 1 saturated heterocycles. The highest BCUT2D eigenvalue weighted by atomic mass is 16.6. The highest BCUT2D eigenvalue weighted by molar-refractivity contribution is 5.43. The minimum absolute atomic E-state index is 0.0763. The van der Waals surface area contributed by atoms with Gasteiger partial charge in [-0.25, -0.2) is 0 Å². The van der Waals surface area contributed by atoms with E-state index >= 15 is 0 Å². The van der Waals surface area contributed by atoms with Crippen LogP contribution in [0.5, 0.6) is 5.75 Å². The average molecular weight is 359 g/mol. The number of rotatable bonds is 9. The van der Waals surface area contributed by atoms with Gasteiger partial charge in [-0.1, -0.05) is 0 Å². The van der Waals surface area contributed by atoms with Gasteiger partial charge in [-0.15, -0.1) is 0 Å². The van der Waals surface area contributed by atoms with Gasteiger partial charge in [-0.05, 0) is 51.1 Å². The fourth-order valence-electron chi connectivity index (χ4n) is 3.40. The monoisotopic (exact) mass is 359 g/mol. The summed E-state index contributed by atoms with van der Waals surface area (Å²) in [5.41, 5.74) is 0.869. The summed E-state index contributed by atoms with van der Waals surface area (Å²) in [6, 6.07) is 8.81. The minimum atomic E-state index is -0.380. The molecular formula is C19H25N3O4. The van der Waals surface area contributed by atoms with Crippen LogP contribution < -0.4 is 10.1 Å². The Labute approximate surface area is 153 Å². The summed E-state index contributed by atoms with van der Waals surface area (Å²) in [5, 5.41) is 14.5. The van der Waals surface area contributed by atoms with Gasteiger partial charge in [0, 0.05) is 30.8 Å². The summed E-state index contributed by atoms with van der Waals surface area (Å²) in [5.74, 6) is 1.63. The third-order valence-corrected chi connectivity index (χ3v) is 4.66. The van der Waals surface area contributed by atoms with Gasteiger partial charge in [0.15, 0.2) is 0 Å². The van der Waals surface area contributed by atoms with Crippen molar-refractivity contribution in [3.05, 3.63) is 58.0 Å². The smallest absolute Gasteiger partial charge is 0.270 e. The van der Waals surface area contributed by atoms with Gasteiger partial charge in [-0.2, -0.15) is 0 Å². The molecule has 1 unspecified atom stereocenters. The summed E-state index contributed by atoms with van der Waals surface area (Å²) in [4.78, 5) is 13.1. The summed E-state index contributed by atoms with van der Waals surface area (Å²) in [6.45, 7) is 5.76. The van der Waals surface area contributed by atoms with Crippen LogP contribution in [-0.4, -0.2) is 36.1 Å². The number of hydrogen-bond acceptors (Lipinski definition) is 6. The molecule has 1 aliphatic heterocycles. The van der Waals surface area contributed by atoms with E-state index in [0.717, 1.165) is 24.4 Å². The lowest BCUT2D eigenvalue weighted by molar-refractivity contribution is -0.384. The molecule has 26 heavy (non-hydrogen) atoms. The van der Waals surface area contributed by atoms with E-state index in [1.807, 2.05) is 19.1 Å². The molecule has 0 radical (unpaired) electrons. The molecule has 0 saturated carbocycles. The lowest BCUT2D eigenvalue weighted by atomic mass is 10.1. The van der Waals surface area contributed by atoms with E-state index in [1.165, 1.54) is 18.9 Å². The first kappa shape index (κ1) is 18.4. The number of nitrogens with zero attached hydrogens (tertiary/aromatic N) is 2. The average Bonchev–Trinajstić information content (AvgIpc) is 3.34. The number of benzene rings is 1. The second kappa shape index (κ2) is 8.82. The highest BCUT2D eigenvalue weighted by Crippen LogP contribution is 2.27. The summed E-state index contributed by atoms with van der Waals surface area (Å²) in [6.07, 6.45) is 4.11. The Morgan fingerprint density at radius 2 is 2.15 bits per heavy atom. The third-order valence-electron chi connectivity index (χ3n) is 4.66. The Kier molecular flexibility index (Phi) is 6.25. The zero-order chi connectivity index (χ0) is 18.4. The predicted molar refractivity (Wildman–Crippen MR) is 98.2 cm³/mol. The summed E-state index contributed by atoms with van der Waals surface area (Å²) in [7, 11) is 0. The van der Waals surface area contributed by atoms with E-state index in [4.69, 9.17) is 9.15 Å². The molecule has 2 heterocycles. The molecule has 1 aliphatic rings. The first-order chi connectivity index (χ1) is 12.7. The maximum Gasteiger partial charge on any atom is 0.270 e. The van der Waals surface area contributed by atoms with Gasteiger partial charge >= 0.3 is 0 Å². The van der Waals surface area contributed by atoms with Crippen molar-refractivity contribution in [1.82, 2.24) is 10.2 Å². The van der Waals surface area contributed by atoms with Crippen molar-refractivity contribution in [1.29, 1.82) is 0 Å². The molecular weight excluding hydrogens is 334 g/mol. The van der Waals surface area contributed by atoms with Crippen LogP contribution >= 0.6 is 0 Å². The quantitative estimate of drug-likeness (QED) is 0.545. The molecule has 1 fully saturated rings. The lowest BCUT2D eigenvalue weighted by Gasteiger charge is -2.26. The number of non-ortho nitro benzene ring substituents is 1. The Morgan fingerprint density at radius 1 is 1.35 bits per heavy atom. The molecule has 7 nitrogen and oxygen atoms in total. The van der Waals surface area contributed by atoms with Crippen LogP contribution in [0, 0.1) is 10.1 Å². The van der Waals surface area contributed by atoms with E-state index in [9.17, 15) is 10.1 Å². The van der Waals surface area contributed by atoms with E-state index < -0.39 is 0 Å². The second-order valence-electron chi connectivity index (χ2n) is 6.39. The topological polar surface area (TPSA) is 80.8 Å². The fourth-order valence-corrected chi connectivity index (χ4v) is 3.40. The standard InChI is InChI=1S/C19H25N3O4/c1-2-25-18-8-7-16(22(23)24)12-15(18)13-20-14-17(19-6-5-11-26-19)21-9-3-4-10-21/h5-8,11-12,17,20H,2-4,9-10,13-14H2,1H3. The molecule has 0 amide bonds. The minimum Gasteiger partial charge on any atom is -0.494 e. The SMILES string of the molecule is CCOc1ccc([N+](=O)[O-])cc1CNCC(c1ccco1)N1CCCC1. The Morgan fingerprint density at radius 3 is 2.81 bits per heavy atom. The maximum atomic E-state index is 11.1. The van der Waals surface area contributed by atoms with Gasteiger partial charge in [0.2, 0.25) is 0 Å². The molecule has 0 aliphatic carbocycles. The van der Waals surface area contributed by atoms with Crippen molar-refractivity contribution < 1.29 is 14.1 Å². The number of nitro groups is 1. The van der Waals surface area contributed by atoms with E-state index in [0.29, 0.717) is 25.4 Å². The first-order valence-electron chi connectivity index (χ1n) is 9.07. The second-order valence-corrected chi connectivity index (χ2v) is 6.39. The van der Waals surface area contributed by atoms with Gasteiger partial charge in [-0.3, -0.25) is 15.0 Å². The number of likely N-dealkylation sites (tertiary alicyclic amines) is 1. The zero-order valence-corrected chi connectivity index (χ0v) is 15.0. The number of nitro benzene ring substituents is 1. The van der Waals surface area contributed by atoms with Crippen LogP contribution in [0.4, 0.5) is 5.69 Å². The van der Waals surface area contributed by atoms with Gasteiger partial charge < -0.3 is 14.5 Å². The third kappa shape index (κ3) is 4.42. The van der Waals surface area contributed by atoms with Gasteiger partial charge in [0.05, 0.1) is 23.8 Å². The normalized spacial score (nSPS) is 15.9. The molecule has 3 rings (SSSR count). The Balaban J connectivity index is 1.68. The van der Waals surface area contributed by atoms with Crippen molar-refractivity contribution in [2.75, 3.05) is 26.2 Å². The Bertz CT molecular complexity index is 712. The van der Waals surface area contributed by atoms with Crippen LogP contribution in [0.15, 0.2) is 41.0 Å². The van der Waals surface area contributed by atoms with Crippen molar-refractivity contribution >= 4 is 5.69 Å².